The van der Waals surface area contributed by atoms with E-state index in [2.05, 4.69) is 41.2 Å². The standard InChI is InChI=1S/C22H27FN6O2/c1-21(2)17(26-12-18(30)29-13-15(23)10-16(29)11-24)4-7-22(21,3)20-27-19(28-31-20)14-5-8-25-9-6-14/h5-6,8-9,15-17,26H,4,7,10,12-13H2,1-3H3/t15-,16-,17+,22+/m0/s1. The van der Waals surface area contributed by atoms with Crippen LogP contribution in [-0.2, 0) is 10.2 Å². The van der Waals surface area contributed by atoms with Gasteiger partial charge in [-0.3, -0.25) is 9.78 Å². The predicted octanol–water partition coefficient (Wildman–Crippen LogP) is 2.63. The van der Waals surface area contributed by atoms with E-state index >= 15 is 0 Å². The van der Waals surface area contributed by atoms with Crippen LogP contribution in [0, 0.1) is 16.7 Å². The molecule has 0 spiro atoms. The number of carbonyl (C=O) groups is 1. The Balaban J connectivity index is 1.45. The number of alkyl halides is 1. The van der Waals surface area contributed by atoms with Crippen LogP contribution in [-0.4, -0.2) is 57.3 Å². The zero-order chi connectivity index (χ0) is 22.2. The highest BCUT2D eigenvalue weighted by Gasteiger charge is 2.55. The second-order valence-electron chi connectivity index (χ2n) is 9.21. The number of pyridine rings is 1. The van der Waals surface area contributed by atoms with Gasteiger partial charge in [-0.2, -0.15) is 10.2 Å². The molecule has 4 rings (SSSR count). The predicted molar refractivity (Wildman–Crippen MR) is 110 cm³/mol. The van der Waals surface area contributed by atoms with Gasteiger partial charge in [-0.1, -0.05) is 25.9 Å². The third-order valence-corrected chi connectivity index (χ3v) is 7.28. The van der Waals surface area contributed by atoms with E-state index in [1.807, 2.05) is 18.2 Å². The van der Waals surface area contributed by atoms with Crippen LogP contribution in [0.5, 0.6) is 0 Å². The second-order valence-corrected chi connectivity index (χ2v) is 9.21. The molecule has 1 aliphatic carbocycles. The molecule has 9 heteroatoms. The molecule has 1 N–H and O–H groups in total. The van der Waals surface area contributed by atoms with Crippen molar-refractivity contribution in [3.8, 4) is 17.5 Å². The largest absolute Gasteiger partial charge is 0.338 e. The summed E-state index contributed by atoms with van der Waals surface area (Å²) in [5, 5.41) is 16.7. The van der Waals surface area contributed by atoms with Gasteiger partial charge in [0.15, 0.2) is 0 Å². The quantitative estimate of drug-likeness (QED) is 0.783. The number of hydrogen-bond donors (Lipinski definition) is 1. The van der Waals surface area contributed by atoms with Gasteiger partial charge in [0.05, 0.1) is 24.6 Å². The lowest BCUT2D eigenvalue weighted by Crippen LogP contribution is -2.50. The van der Waals surface area contributed by atoms with Crippen LogP contribution in [0.2, 0.25) is 0 Å². The van der Waals surface area contributed by atoms with E-state index < -0.39 is 12.2 Å². The van der Waals surface area contributed by atoms with Crippen LogP contribution in [0.4, 0.5) is 4.39 Å². The van der Waals surface area contributed by atoms with Gasteiger partial charge in [-0.25, -0.2) is 4.39 Å². The van der Waals surface area contributed by atoms with Crippen molar-refractivity contribution in [1.82, 2.24) is 25.3 Å². The molecule has 3 heterocycles. The first kappa shape index (κ1) is 21.4. The topological polar surface area (TPSA) is 108 Å². The van der Waals surface area contributed by atoms with E-state index in [1.54, 1.807) is 12.4 Å². The maximum atomic E-state index is 13.7. The third kappa shape index (κ3) is 3.69. The van der Waals surface area contributed by atoms with E-state index in [4.69, 9.17) is 4.52 Å². The number of hydrogen-bond acceptors (Lipinski definition) is 7. The molecule has 0 bridgehead atoms. The van der Waals surface area contributed by atoms with Crippen molar-refractivity contribution < 1.29 is 13.7 Å². The van der Waals surface area contributed by atoms with Gasteiger partial charge in [0.1, 0.15) is 12.2 Å². The fourth-order valence-electron chi connectivity index (χ4n) is 4.80. The summed E-state index contributed by atoms with van der Waals surface area (Å²) in [6.45, 7) is 6.43. The van der Waals surface area contributed by atoms with Crippen molar-refractivity contribution in [2.75, 3.05) is 13.1 Å². The first-order valence-electron chi connectivity index (χ1n) is 10.6. The molecule has 0 radical (unpaired) electrons. The molecule has 2 aromatic heterocycles. The van der Waals surface area contributed by atoms with Crippen molar-refractivity contribution in [3.05, 3.63) is 30.4 Å². The minimum atomic E-state index is -1.13. The average Bonchev–Trinajstić information content (AvgIpc) is 3.45. The number of likely N-dealkylation sites (tertiary alicyclic amines) is 1. The molecular formula is C22H27FN6O2. The van der Waals surface area contributed by atoms with Gasteiger partial charge in [-0.05, 0) is 30.4 Å². The number of carbonyl (C=O) groups excluding carboxylic acids is 1. The van der Waals surface area contributed by atoms with Crippen molar-refractivity contribution in [3.63, 3.8) is 0 Å². The molecule has 0 aromatic carbocycles. The molecule has 0 unspecified atom stereocenters. The van der Waals surface area contributed by atoms with Gasteiger partial charge in [-0.15, -0.1) is 0 Å². The summed E-state index contributed by atoms with van der Waals surface area (Å²) in [7, 11) is 0. The van der Waals surface area contributed by atoms with Gasteiger partial charge < -0.3 is 14.7 Å². The van der Waals surface area contributed by atoms with Crippen LogP contribution in [0.1, 0.15) is 45.9 Å². The van der Waals surface area contributed by atoms with E-state index in [-0.39, 0.29) is 42.3 Å². The highest BCUT2D eigenvalue weighted by atomic mass is 19.1. The maximum Gasteiger partial charge on any atom is 0.237 e. The Hall–Kier alpha value is -2.86. The Morgan fingerprint density at radius 2 is 2.13 bits per heavy atom. The van der Waals surface area contributed by atoms with Crippen LogP contribution in [0.15, 0.2) is 29.0 Å². The molecular weight excluding hydrogens is 399 g/mol. The van der Waals surface area contributed by atoms with Crippen LogP contribution in [0.3, 0.4) is 0 Å². The lowest BCUT2D eigenvalue weighted by atomic mass is 9.67. The monoisotopic (exact) mass is 426 g/mol. The van der Waals surface area contributed by atoms with Crippen molar-refractivity contribution >= 4 is 5.91 Å². The summed E-state index contributed by atoms with van der Waals surface area (Å²) in [6.07, 6.45) is 3.98. The summed E-state index contributed by atoms with van der Waals surface area (Å²) >= 11 is 0. The van der Waals surface area contributed by atoms with Crippen LogP contribution in [0.25, 0.3) is 11.4 Å². The summed E-state index contributed by atoms with van der Waals surface area (Å²) in [6, 6.07) is 5.04. The first-order chi connectivity index (χ1) is 14.8. The van der Waals surface area contributed by atoms with Gasteiger partial charge in [0, 0.05) is 30.4 Å². The van der Waals surface area contributed by atoms with Crippen molar-refractivity contribution in [1.29, 1.82) is 5.26 Å². The Labute approximate surface area is 180 Å². The molecule has 164 valence electrons. The van der Waals surface area contributed by atoms with Crippen LogP contribution < -0.4 is 5.32 Å². The summed E-state index contributed by atoms with van der Waals surface area (Å²) in [5.41, 5.74) is 0.185. The highest BCUT2D eigenvalue weighted by molar-refractivity contribution is 5.79. The number of nitrogens with zero attached hydrogens (tertiary/aromatic N) is 5. The number of rotatable bonds is 5. The third-order valence-electron chi connectivity index (χ3n) is 7.28. The van der Waals surface area contributed by atoms with Gasteiger partial charge in [0.2, 0.25) is 17.6 Å². The Kier molecular flexibility index (Phi) is 5.52. The molecule has 1 amide bonds. The Bertz CT molecular complexity index is 987. The lowest BCUT2D eigenvalue weighted by molar-refractivity contribution is -0.130. The highest BCUT2D eigenvalue weighted by Crippen LogP contribution is 2.53. The Morgan fingerprint density at radius 3 is 2.84 bits per heavy atom. The molecule has 2 fully saturated rings. The zero-order valence-electron chi connectivity index (χ0n) is 18.0. The van der Waals surface area contributed by atoms with E-state index in [0.29, 0.717) is 11.7 Å². The zero-order valence-corrected chi connectivity index (χ0v) is 18.0. The fraction of sp³-hybridized carbons (Fsp3) is 0.591. The number of nitriles is 1. The number of aromatic nitrogens is 3. The number of amides is 1. The van der Waals surface area contributed by atoms with Crippen molar-refractivity contribution in [2.24, 2.45) is 5.41 Å². The van der Waals surface area contributed by atoms with Gasteiger partial charge >= 0.3 is 0 Å². The van der Waals surface area contributed by atoms with Crippen molar-refractivity contribution in [2.45, 2.75) is 63.7 Å². The second kappa shape index (κ2) is 8.00. The van der Waals surface area contributed by atoms with Gasteiger partial charge in [0.25, 0.3) is 0 Å². The molecule has 31 heavy (non-hydrogen) atoms. The van der Waals surface area contributed by atoms with E-state index in [9.17, 15) is 14.4 Å². The maximum absolute atomic E-state index is 13.7. The minimum Gasteiger partial charge on any atom is -0.338 e. The summed E-state index contributed by atoms with van der Waals surface area (Å²) in [5.74, 6) is 0.858. The molecule has 4 atom stereocenters. The molecule has 8 nitrogen and oxygen atoms in total. The molecule has 2 aromatic rings. The van der Waals surface area contributed by atoms with E-state index in [0.717, 1.165) is 18.4 Å². The molecule has 1 saturated heterocycles. The Morgan fingerprint density at radius 1 is 1.39 bits per heavy atom. The molecule has 1 aliphatic heterocycles. The number of nitrogens with one attached hydrogen (secondary N) is 1. The van der Waals surface area contributed by atoms with Crippen LogP contribution >= 0.6 is 0 Å². The van der Waals surface area contributed by atoms with E-state index in [1.165, 1.54) is 4.90 Å². The average molecular weight is 426 g/mol. The fourth-order valence-corrected chi connectivity index (χ4v) is 4.80. The summed E-state index contributed by atoms with van der Waals surface area (Å²) < 4.78 is 19.3. The smallest absolute Gasteiger partial charge is 0.237 e. The summed E-state index contributed by atoms with van der Waals surface area (Å²) in [4.78, 5) is 22.6. The number of halogens is 1. The SMILES string of the molecule is CC1(C)[C@H](NCC(=O)N2C[C@@H](F)C[C@H]2C#N)CC[C@]1(C)c1nc(-c2ccncc2)no1. The molecule has 2 aliphatic rings. The first-order valence-corrected chi connectivity index (χ1v) is 10.6. The molecule has 1 saturated carbocycles. The minimum absolute atomic E-state index is 0.00964. The normalized spacial score (nSPS) is 29.8. The lowest BCUT2D eigenvalue weighted by Gasteiger charge is -2.39.